The van der Waals surface area contributed by atoms with Gasteiger partial charge in [-0.3, -0.25) is 0 Å². The minimum Gasteiger partial charge on any atom is -0.480 e. The molecular weight excluding hydrogens is 502 g/mol. The summed E-state index contributed by atoms with van der Waals surface area (Å²) in [4.78, 5) is 23.7. The van der Waals surface area contributed by atoms with E-state index in [0.29, 0.717) is 19.3 Å². The van der Waals surface area contributed by atoms with E-state index in [-0.39, 0.29) is 0 Å². The molecule has 0 saturated heterocycles. The molecule has 0 aliphatic heterocycles. The van der Waals surface area contributed by atoms with Crippen molar-refractivity contribution in [3.63, 3.8) is 0 Å². The maximum absolute atomic E-state index is 12.1. The molecule has 6 nitrogen and oxygen atoms in total. The Kier molecular flexibility index (Phi) is 7.60. The average molecular weight is 536 g/mol. The second kappa shape index (κ2) is 11.3. The molecule has 0 radical (unpaired) electrons. The predicted octanol–water partition coefficient (Wildman–Crippen LogP) is 8.22. The highest BCUT2D eigenvalue weighted by Gasteiger charge is 2.23. The normalized spacial score (nSPS) is 12.4. The lowest BCUT2D eigenvalue weighted by Gasteiger charge is -2.22. The molecule has 1 heterocycles. The van der Waals surface area contributed by atoms with Crippen LogP contribution in [0.2, 0.25) is 0 Å². The van der Waals surface area contributed by atoms with Gasteiger partial charge in [-0.05, 0) is 74.4 Å². The van der Waals surface area contributed by atoms with Gasteiger partial charge in [-0.25, -0.2) is 9.59 Å². The summed E-state index contributed by atoms with van der Waals surface area (Å²) >= 11 is 0. The molecule has 0 bridgehead atoms. The molecule has 0 fully saturated rings. The van der Waals surface area contributed by atoms with Crippen molar-refractivity contribution in [3.8, 4) is 22.3 Å². The molecule has 1 atom stereocenters. The largest absolute Gasteiger partial charge is 0.480 e. The van der Waals surface area contributed by atoms with E-state index in [1.165, 1.54) is 0 Å². The number of benzene rings is 4. The van der Waals surface area contributed by atoms with Gasteiger partial charge in [0.2, 0.25) is 0 Å². The first-order valence-electron chi connectivity index (χ1n) is 13.5. The first-order chi connectivity index (χ1) is 19.2. The van der Waals surface area contributed by atoms with Gasteiger partial charge in [-0.15, -0.1) is 0 Å². The Morgan fingerprint density at radius 1 is 0.850 bits per heavy atom. The van der Waals surface area contributed by atoms with Crippen LogP contribution in [0.5, 0.6) is 0 Å². The molecule has 0 saturated carbocycles. The summed E-state index contributed by atoms with van der Waals surface area (Å²) in [6, 6.07) is 30.0. The Labute approximate surface area is 233 Å². The van der Waals surface area contributed by atoms with Crippen LogP contribution < -0.4 is 5.32 Å². The van der Waals surface area contributed by atoms with E-state index in [1.54, 1.807) is 20.8 Å². The van der Waals surface area contributed by atoms with Crippen molar-refractivity contribution in [2.24, 2.45) is 0 Å². The number of carbonyl (C=O) groups excluding carboxylic acids is 1. The zero-order valence-corrected chi connectivity index (χ0v) is 22.9. The second-order valence-corrected chi connectivity index (χ2v) is 11.0. The monoisotopic (exact) mass is 535 g/mol. The van der Waals surface area contributed by atoms with Crippen LogP contribution in [0.15, 0.2) is 95.4 Å². The fourth-order valence-corrected chi connectivity index (χ4v) is 4.96. The second-order valence-electron chi connectivity index (χ2n) is 11.0. The summed E-state index contributed by atoms with van der Waals surface area (Å²) in [5, 5.41) is 14.2. The van der Waals surface area contributed by atoms with E-state index in [1.807, 2.05) is 30.3 Å². The zero-order valence-electron chi connectivity index (χ0n) is 22.9. The zero-order chi connectivity index (χ0) is 28.3. The van der Waals surface area contributed by atoms with Gasteiger partial charge in [-0.2, -0.15) is 0 Å². The number of nitrogens with one attached hydrogen (secondary N) is 1. The van der Waals surface area contributed by atoms with Crippen LogP contribution >= 0.6 is 0 Å². The molecule has 0 spiro atoms. The molecule has 204 valence electrons. The number of carboxylic acids is 1. The van der Waals surface area contributed by atoms with E-state index in [0.717, 1.165) is 49.8 Å². The summed E-state index contributed by atoms with van der Waals surface area (Å²) < 4.78 is 11.5. The van der Waals surface area contributed by atoms with Crippen LogP contribution in [-0.4, -0.2) is 28.8 Å². The van der Waals surface area contributed by atoms with Crippen molar-refractivity contribution >= 4 is 34.0 Å². The summed E-state index contributed by atoms with van der Waals surface area (Å²) in [5.41, 5.74) is 6.45. The molecule has 4 aromatic carbocycles. The quantitative estimate of drug-likeness (QED) is 0.209. The highest BCUT2D eigenvalue weighted by atomic mass is 16.6. The van der Waals surface area contributed by atoms with Crippen molar-refractivity contribution in [1.82, 2.24) is 5.32 Å². The lowest BCUT2D eigenvalue weighted by Crippen LogP contribution is -2.43. The molecule has 5 rings (SSSR count). The molecule has 1 aromatic heterocycles. The lowest BCUT2D eigenvalue weighted by atomic mass is 9.96. The van der Waals surface area contributed by atoms with Crippen molar-refractivity contribution in [2.45, 2.75) is 51.7 Å². The van der Waals surface area contributed by atoms with Crippen LogP contribution in [0.25, 0.3) is 44.2 Å². The van der Waals surface area contributed by atoms with Crippen LogP contribution in [-0.2, 0) is 16.0 Å². The molecule has 1 amide bonds. The predicted molar refractivity (Wildman–Crippen MR) is 158 cm³/mol. The summed E-state index contributed by atoms with van der Waals surface area (Å²) in [6.07, 6.45) is 0.867. The Morgan fingerprint density at radius 2 is 1.52 bits per heavy atom. The van der Waals surface area contributed by atoms with Gasteiger partial charge in [0, 0.05) is 16.3 Å². The Balaban J connectivity index is 1.31. The number of carboxylic acid groups (broad SMARTS) is 1. The topological polar surface area (TPSA) is 88.8 Å². The molecule has 6 heteroatoms. The van der Waals surface area contributed by atoms with Crippen molar-refractivity contribution in [3.05, 3.63) is 96.6 Å². The molecule has 0 aliphatic rings. The molecule has 1 unspecified atom stereocenters. The van der Waals surface area contributed by atoms with Gasteiger partial charge in [0.25, 0.3) is 0 Å². The number of hydrogen-bond donors (Lipinski definition) is 2. The fourth-order valence-electron chi connectivity index (χ4n) is 4.96. The highest BCUT2D eigenvalue weighted by Crippen LogP contribution is 2.36. The lowest BCUT2D eigenvalue weighted by molar-refractivity contribution is -0.139. The maximum atomic E-state index is 12.1. The minimum atomic E-state index is -1.07. The number of aliphatic carboxylic acids is 1. The van der Waals surface area contributed by atoms with E-state index >= 15 is 0 Å². The van der Waals surface area contributed by atoms with Gasteiger partial charge < -0.3 is 19.6 Å². The minimum absolute atomic E-state index is 0.301. The Morgan fingerprint density at radius 3 is 2.30 bits per heavy atom. The van der Waals surface area contributed by atoms with Gasteiger partial charge >= 0.3 is 12.1 Å². The van der Waals surface area contributed by atoms with Gasteiger partial charge in [0.05, 0.1) is 0 Å². The molecule has 2 N–H and O–H groups in total. The number of hydrogen-bond acceptors (Lipinski definition) is 4. The van der Waals surface area contributed by atoms with Crippen molar-refractivity contribution in [1.29, 1.82) is 0 Å². The number of carbonyl (C=O) groups is 2. The van der Waals surface area contributed by atoms with Crippen LogP contribution in [0.1, 0.15) is 39.2 Å². The Bertz CT molecular complexity index is 1680. The maximum Gasteiger partial charge on any atom is 0.408 e. The number of furan rings is 1. The molecule has 0 aliphatic carbocycles. The average Bonchev–Trinajstić information content (AvgIpc) is 3.31. The van der Waals surface area contributed by atoms with Crippen molar-refractivity contribution in [2.75, 3.05) is 0 Å². The third-order valence-corrected chi connectivity index (χ3v) is 6.79. The first-order valence-corrected chi connectivity index (χ1v) is 13.5. The number of para-hydroxylation sites is 2. The molecular formula is C34H33NO5. The summed E-state index contributed by atoms with van der Waals surface area (Å²) in [6.45, 7) is 5.22. The number of amides is 1. The SMILES string of the molecule is CC(C)(C)OC(=O)NC(CCCc1cccc(-c2cccc(-c3cccc4c3oc3ccccc34)c2)c1)C(=O)O. The standard InChI is InChI=1S/C34H33NO5/c1-34(2,3)40-33(38)35-29(32(36)37)18-7-11-22-10-6-12-23(20-22)24-13-8-14-25(21-24)26-16-9-17-28-27-15-4-5-19-30(27)39-31(26)28/h4-6,8-10,12-17,19-21,29H,7,11,18H2,1-3H3,(H,35,38)(H,36,37). The molecule has 40 heavy (non-hydrogen) atoms. The summed E-state index contributed by atoms with van der Waals surface area (Å²) in [5.74, 6) is -1.07. The molecule has 5 aromatic rings. The smallest absolute Gasteiger partial charge is 0.408 e. The van der Waals surface area contributed by atoms with Crippen molar-refractivity contribution < 1.29 is 23.8 Å². The van der Waals surface area contributed by atoms with Gasteiger partial charge in [0.15, 0.2) is 0 Å². The number of ether oxygens (including phenoxy) is 1. The van der Waals surface area contributed by atoms with E-state index in [4.69, 9.17) is 9.15 Å². The number of aryl methyl sites for hydroxylation is 1. The van der Waals surface area contributed by atoms with Gasteiger partial charge in [-0.1, -0.05) is 78.9 Å². The highest BCUT2D eigenvalue weighted by molar-refractivity contribution is 6.09. The number of rotatable bonds is 8. The van der Waals surface area contributed by atoms with E-state index in [9.17, 15) is 14.7 Å². The van der Waals surface area contributed by atoms with E-state index < -0.39 is 23.7 Å². The summed E-state index contributed by atoms with van der Waals surface area (Å²) in [7, 11) is 0. The third kappa shape index (κ3) is 6.18. The van der Waals surface area contributed by atoms with Crippen LogP contribution in [0.4, 0.5) is 4.79 Å². The fraction of sp³-hybridized carbons (Fsp3) is 0.235. The van der Waals surface area contributed by atoms with Crippen LogP contribution in [0, 0.1) is 0 Å². The first kappa shape index (κ1) is 27.0. The number of alkyl carbamates (subject to hydrolysis) is 1. The van der Waals surface area contributed by atoms with Crippen LogP contribution in [0.3, 0.4) is 0 Å². The van der Waals surface area contributed by atoms with E-state index in [2.05, 4.69) is 66.0 Å². The third-order valence-electron chi connectivity index (χ3n) is 6.79. The van der Waals surface area contributed by atoms with Gasteiger partial charge in [0.1, 0.15) is 22.8 Å². The Hall–Kier alpha value is -4.58. The number of fused-ring (bicyclic) bond motifs is 3.